The van der Waals surface area contributed by atoms with Gasteiger partial charge in [0.15, 0.2) is 15.8 Å². The van der Waals surface area contributed by atoms with Crippen LogP contribution in [0.2, 0.25) is 0 Å². The summed E-state index contributed by atoms with van der Waals surface area (Å²) in [6, 6.07) is 10.5. The Hall–Kier alpha value is -2.02. The molecule has 2 heterocycles. The van der Waals surface area contributed by atoms with Crippen molar-refractivity contribution in [3.05, 3.63) is 36.5 Å². The van der Waals surface area contributed by atoms with Crippen LogP contribution in [0.3, 0.4) is 0 Å². The third kappa shape index (κ3) is 4.29. The van der Waals surface area contributed by atoms with E-state index in [0.717, 1.165) is 25.5 Å². The minimum atomic E-state index is -3.05. The van der Waals surface area contributed by atoms with E-state index in [9.17, 15) is 8.42 Å². The van der Waals surface area contributed by atoms with Gasteiger partial charge in [0.2, 0.25) is 0 Å². The summed E-state index contributed by atoms with van der Waals surface area (Å²) in [5, 5.41) is 4.57. The van der Waals surface area contributed by atoms with Crippen LogP contribution < -0.4 is 5.32 Å². The highest BCUT2D eigenvalue weighted by Crippen LogP contribution is 2.23. The molecule has 0 atom stereocenters. The van der Waals surface area contributed by atoms with Crippen LogP contribution in [0.4, 0.5) is 0 Å². The van der Waals surface area contributed by atoms with Gasteiger partial charge < -0.3 is 14.8 Å². The van der Waals surface area contributed by atoms with Gasteiger partial charge in [-0.25, -0.2) is 8.42 Å². The van der Waals surface area contributed by atoms with E-state index in [2.05, 4.69) is 51.3 Å². The van der Waals surface area contributed by atoms with Crippen LogP contribution >= 0.6 is 0 Å². The van der Waals surface area contributed by atoms with Crippen molar-refractivity contribution in [1.29, 1.82) is 0 Å². The number of hydrogen-bond acceptors (Lipinski definition) is 3. The van der Waals surface area contributed by atoms with Gasteiger partial charge in [0, 0.05) is 44.4 Å². The summed E-state index contributed by atoms with van der Waals surface area (Å²) in [6.45, 7) is 9.00. The first kappa shape index (κ1) is 19.7. The third-order valence-electron chi connectivity index (χ3n) is 5.18. The van der Waals surface area contributed by atoms with Crippen LogP contribution in [-0.4, -0.2) is 60.5 Å². The van der Waals surface area contributed by atoms with E-state index >= 15 is 0 Å². The summed E-state index contributed by atoms with van der Waals surface area (Å²) in [7, 11) is -3.05. The molecule has 1 aromatic heterocycles. The normalized spacial score (nSPS) is 19.4. The number of sulfone groups is 1. The molecule has 7 heteroatoms. The standard InChI is InChI=1S/C20H30N4O2S/c1-4-21-19(24-14-15-27(25,26)20(2,3)16-24)22-11-7-12-23-13-10-17-8-5-6-9-18(17)23/h5-6,8-10,13H,4,7,11-12,14-16H2,1-3H3,(H,21,22). The molecule has 1 saturated heterocycles. The number of aryl methyl sites for hydroxylation is 1. The van der Waals surface area contributed by atoms with Crippen LogP contribution in [0.15, 0.2) is 41.5 Å². The fourth-order valence-electron chi connectivity index (χ4n) is 3.51. The average molecular weight is 391 g/mol. The predicted octanol–water partition coefficient (Wildman–Crippen LogP) is 2.51. The maximum absolute atomic E-state index is 12.2. The van der Waals surface area contributed by atoms with Crippen molar-refractivity contribution in [2.45, 2.75) is 38.5 Å². The van der Waals surface area contributed by atoms with E-state index in [1.54, 1.807) is 13.8 Å². The van der Waals surface area contributed by atoms with Crippen LogP contribution in [-0.2, 0) is 16.4 Å². The van der Waals surface area contributed by atoms with Crippen molar-refractivity contribution in [1.82, 2.24) is 14.8 Å². The zero-order valence-electron chi connectivity index (χ0n) is 16.5. The molecule has 3 rings (SSSR count). The number of aliphatic imine (C=N–C) groups is 1. The highest BCUT2D eigenvalue weighted by molar-refractivity contribution is 7.92. The molecule has 1 N–H and O–H groups in total. The lowest BCUT2D eigenvalue weighted by Crippen LogP contribution is -2.57. The van der Waals surface area contributed by atoms with Crippen molar-refractivity contribution >= 4 is 26.7 Å². The number of aromatic nitrogens is 1. The Kier molecular flexibility index (Phi) is 5.79. The second kappa shape index (κ2) is 7.92. The Bertz CT molecular complexity index is 915. The fraction of sp³-hybridized carbons (Fsp3) is 0.550. The van der Waals surface area contributed by atoms with Gasteiger partial charge in [0.1, 0.15) is 0 Å². The number of nitrogens with zero attached hydrogens (tertiary/aromatic N) is 3. The summed E-state index contributed by atoms with van der Waals surface area (Å²) in [5.41, 5.74) is 1.25. The number of rotatable bonds is 5. The number of para-hydroxylation sites is 1. The van der Waals surface area contributed by atoms with E-state index in [-0.39, 0.29) is 5.75 Å². The largest absolute Gasteiger partial charge is 0.357 e. The lowest BCUT2D eigenvalue weighted by Gasteiger charge is -2.39. The summed E-state index contributed by atoms with van der Waals surface area (Å²) in [6.07, 6.45) is 3.06. The molecule has 6 nitrogen and oxygen atoms in total. The molecule has 1 fully saturated rings. The molecule has 0 radical (unpaired) electrons. The molecule has 0 unspecified atom stereocenters. The van der Waals surface area contributed by atoms with E-state index < -0.39 is 14.6 Å². The average Bonchev–Trinajstić information content (AvgIpc) is 3.03. The maximum atomic E-state index is 12.2. The summed E-state index contributed by atoms with van der Waals surface area (Å²) < 4.78 is 26.0. The topological polar surface area (TPSA) is 66.7 Å². The minimum absolute atomic E-state index is 0.180. The van der Waals surface area contributed by atoms with E-state index in [0.29, 0.717) is 19.6 Å². The fourth-order valence-corrected chi connectivity index (χ4v) is 4.88. The van der Waals surface area contributed by atoms with E-state index in [1.807, 2.05) is 6.92 Å². The summed E-state index contributed by atoms with van der Waals surface area (Å²) >= 11 is 0. The second-order valence-electron chi connectivity index (χ2n) is 7.66. The van der Waals surface area contributed by atoms with Gasteiger partial charge in [-0.3, -0.25) is 4.99 Å². The van der Waals surface area contributed by atoms with Gasteiger partial charge in [0.25, 0.3) is 0 Å². The van der Waals surface area contributed by atoms with Gasteiger partial charge >= 0.3 is 0 Å². The van der Waals surface area contributed by atoms with Crippen LogP contribution in [0.5, 0.6) is 0 Å². The van der Waals surface area contributed by atoms with Crippen LogP contribution in [0.1, 0.15) is 27.2 Å². The molecule has 1 aliphatic heterocycles. The predicted molar refractivity (Wildman–Crippen MR) is 112 cm³/mol. The summed E-state index contributed by atoms with van der Waals surface area (Å²) in [4.78, 5) is 6.83. The highest BCUT2D eigenvalue weighted by atomic mass is 32.2. The molecule has 0 amide bonds. The van der Waals surface area contributed by atoms with Crippen LogP contribution in [0, 0.1) is 0 Å². The molecule has 0 saturated carbocycles. The number of hydrogen-bond donors (Lipinski definition) is 1. The van der Waals surface area contributed by atoms with Crippen molar-refractivity contribution in [2.24, 2.45) is 4.99 Å². The van der Waals surface area contributed by atoms with Gasteiger partial charge in [-0.2, -0.15) is 0 Å². The van der Waals surface area contributed by atoms with Crippen molar-refractivity contribution in [2.75, 3.05) is 31.9 Å². The Balaban J connectivity index is 1.62. The molecule has 0 bridgehead atoms. The van der Waals surface area contributed by atoms with E-state index in [4.69, 9.17) is 4.99 Å². The smallest absolute Gasteiger partial charge is 0.193 e. The minimum Gasteiger partial charge on any atom is -0.357 e. The first-order valence-electron chi connectivity index (χ1n) is 9.63. The lowest BCUT2D eigenvalue weighted by atomic mass is 10.2. The Morgan fingerprint density at radius 2 is 2.04 bits per heavy atom. The molecule has 148 valence electrons. The third-order valence-corrected chi connectivity index (χ3v) is 7.71. The van der Waals surface area contributed by atoms with Gasteiger partial charge in [-0.1, -0.05) is 18.2 Å². The van der Waals surface area contributed by atoms with Gasteiger partial charge in [-0.05, 0) is 44.7 Å². The Morgan fingerprint density at radius 3 is 2.78 bits per heavy atom. The first-order chi connectivity index (χ1) is 12.8. The van der Waals surface area contributed by atoms with Crippen molar-refractivity contribution in [3.8, 4) is 0 Å². The Morgan fingerprint density at radius 1 is 1.26 bits per heavy atom. The summed E-state index contributed by atoms with van der Waals surface area (Å²) in [5.74, 6) is 0.998. The highest BCUT2D eigenvalue weighted by Gasteiger charge is 2.40. The molecule has 0 aliphatic carbocycles. The molecule has 1 aliphatic rings. The molecular weight excluding hydrogens is 360 g/mol. The Labute approximate surface area is 162 Å². The quantitative estimate of drug-likeness (QED) is 0.484. The molecule has 27 heavy (non-hydrogen) atoms. The molecule has 0 spiro atoms. The number of benzene rings is 1. The molecular formula is C20H30N4O2S. The van der Waals surface area contributed by atoms with Crippen molar-refractivity contribution in [3.63, 3.8) is 0 Å². The lowest BCUT2D eigenvalue weighted by molar-refractivity contribution is 0.353. The second-order valence-corrected chi connectivity index (χ2v) is 10.4. The first-order valence-corrected chi connectivity index (χ1v) is 11.3. The van der Waals surface area contributed by atoms with Gasteiger partial charge in [0.05, 0.1) is 10.5 Å². The van der Waals surface area contributed by atoms with Crippen LogP contribution in [0.25, 0.3) is 10.9 Å². The van der Waals surface area contributed by atoms with E-state index in [1.165, 1.54) is 10.9 Å². The number of nitrogens with one attached hydrogen (secondary N) is 1. The monoisotopic (exact) mass is 390 g/mol. The van der Waals surface area contributed by atoms with Gasteiger partial charge in [-0.15, -0.1) is 0 Å². The zero-order valence-corrected chi connectivity index (χ0v) is 17.3. The maximum Gasteiger partial charge on any atom is 0.193 e. The molecule has 2 aromatic rings. The number of guanidine groups is 1. The SMILES string of the molecule is CCNC(=NCCCn1ccc2ccccc21)N1CCS(=O)(=O)C(C)(C)C1. The van der Waals surface area contributed by atoms with Crippen molar-refractivity contribution < 1.29 is 8.42 Å². The molecule has 1 aromatic carbocycles. The zero-order chi connectivity index (χ0) is 19.5. The number of fused-ring (bicyclic) bond motifs is 1.